The van der Waals surface area contributed by atoms with E-state index in [0.29, 0.717) is 5.75 Å². The third-order valence-electron chi connectivity index (χ3n) is 2.21. The molecule has 1 aromatic carbocycles. The maximum absolute atomic E-state index is 10.3. The van der Waals surface area contributed by atoms with E-state index in [0.717, 1.165) is 12.1 Å². The second-order valence-corrected chi connectivity index (χ2v) is 3.56. The molecule has 18 heavy (non-hydrogen) atoms. The smallest absolute Gasteiger partial charge is 0.341 e. The summed E-state index contributed by atoms with van der Waals surface area (Å²) in [6.07, 6.45) is 5.36. The lowest BCUT2D eigenvalue weighted by molar-refractivity contribution is -0.139. The molecule has 1 heterocycles. The van der Waals surface area contributed by atoms with Gasteiger partial charge in [-0.2, -0.15) is 0 Å². The topological polar surface area (TPSA) is 64.3 Å². The lowest BCUT2D eigenvalue weighted by atomic mass is 10.2. The fraction of sp³-hybridized carbons (Fsp3) is 0.167. The predicted molar refractivity (Wildman–Crippen MR) is 68.1 cm³/mol. The van der Waals surface area contributed by atoms with Crippen molar-refractivity contribution in [1.29, 1.82) is 0 Å². The first-order valence-corrected chi connectivity index (χ1v) is 5.13. The number of aliphatic carboxylic acids is 1. The van der Waals surface area contributed by atoms with Crippen LogP contribution in [0, 0.1) is 0 Å². The van der Waals surface area contributed by atoms with Crippen LogP contribution in [0.1, 0.15) is 5.56 Å². The quantitative estimate of drug-likeness (QED) is 0.898. The van der Waals surface area contributed by atoms with Gasteiger partial charge < -0.3 is 14.4 Å². The van der Waals surface area contributed by atoms with Gasteiger partial charge in [0, 0.05) is 18.9 Å². The lowest BCUT2D eigenvalue weighted by Crippen LogP contribution is -2.09. The third-order valence-corrected chi connectivity index (χ3v) is 2.21. The number of imidazole rings is 1. The van der Waals surface area contributed by atoms with Gasteiger partial charge in [0.15, 0.2) is 6.61 Å². The minimum absolute atomic E-state index is 0. The highest BCUT2D eigenvalue weighted by Gasteiger charge is 1.99. The van der Waals surface area contributed by atoms with E-state index >= 15 is 0 Å². The summed E-state index contributed by atoms with van der Waals surface area (Å²) in [6.45, 7) is 0.417. The van der Waals surface area contributed by atoms with Gasteiger partial charge in [-0.3, -0.25) is 0 Å². The molecule has 1 N–H and O–H groups in total. The number of carboxylic acids is 1. The Bertz CT molecular complexity index is 483. The van der Waals surface area contributed by atoms with Crippen molar-refractivity contribution in [2.24, 2.45) is 0 Å². The highest BCUT2D eigenvalue weighted by atomic mass is 35.5. The van der Waals surface area contributed by atoms with Crippen LogP contribution in [-0.2, 0) is 11.3 Å². The monoisotopic (exact) mass is 268 g/mol. The first kappa shape index (κ1) is 14.1. The van der Waals surface area contributed by atoms with Crippen LogP contribution in [0.2, 0.25) is 0 Å². The van der Waals surface area contributed by atoms with Crippen molar-refractivity contribution >= 4 is 18.4 Å². The van der Waals surface area contributed by atoms with Crippen molar-refractivity contribution in [3.63, 3.8) is 0 Å². The molecule has 0 saturated carbocycles. The molecular weight excluding hydrogens is 256 g/mol. The van der Waals surface area contributed by atoms with Crippen LogP contribution in [0.15, 0.2) is 43.0 Å². The van der Waals surface area contributed by atoms with Crippen molar-refractivity contribution in [3.05, 3.63) is 48.5 Å². The molecule has 0 aliphatic carbocycles. The maximum atomic E-state index is 10.3. The minimum Gasteiger partial charge on any atom is -0.482 e. The summed E-state index contributed by atoms with van der Waals surface area (Å²) in [7, 11) is 0. The van der Waals surface area contributed by atoms with Crippen molar-refractivity contribution in [2.45, 2.75) is 6.54 Å². The van der Waals surface area contributed by atoms with Crippen LogP contribution in [0.4, 0.5) is 0 Å². The maximum Gasteiger partial charge on any atom is 0.341 e. The first-order valence-electron chi connectivity index (χ1n) is 5.13. The highest BCUT2D eigenvalue weighted by molar-refractivity contribution is 5.85. The van der Waals surface area contributed by atoms with Gasteiger partial charge in [0.25, 0.3) is 0 Å². The largest absolute Gasteiger partial charge is 0.482 e. The summed E-state index contributed by atoms with van der Waals surface area (Å²) >= 11 is 0. The van der Waals surface area contributed by atoms with Crippen molar-refractivity contribution in [1.82, 2.24) is 9.55 Å². The number of nitrogens with zero attached hydrogens (tertiary/aromatic N) is 2. The summed E-state index contributed by atoms with van der Waals surface area (Å²) in [6, 6.07) is 7.32. The summed E-state index contributed by atoms with van der Waals surface area (Å²) in [5.41, 5.74) is 1.10. The van der Waals surface area contributed by atoms with E-state index < -0.39 is 5.97 Å². The van der Waals surface area contributed by atoms with Crippen LogP contribution in [0.25, 0.3) is 0 Å². The predicted octanol–water partition coefficient (Wildman–Crippen LogP) is 1.82. The van der Waals surface area contributed by atoms with Gasteiger partial charge in [0.1, 0.15) is 5.75 Å². The van der Waals surface area contributed by atoms with E-state index in [4.69, 9.17) is 9.84 Å². The zero-order chi connectivity index (χ0) is 12.1. The molecule has 0 saturated heterocycles. The molecule has 2 aromatic rings. The molecule has 0 radical (unpaired) electrons. The number of aromatic nitrogens is 2. The molecule has 0 unspecified atom stereocenters. The number of carbonyl (C=O) groups is 1. The van der Waals surface area contributed by atoms with E-state index in [1.165, 1.54) is 0 Å². The molecular formula is C12H13ClN2O3. The highest BCUT2D eigenvalue weighted by Crippen LogP contribution is 2.12. The number of carboxylic acid groups (broad SMARTS) is 1. The van der Waals surface area contributed by atoms with Crippen LogP contribution < -0.4 is 4.74 Å². The van der Waals surface area contributed by atoms with Crippen LogP contribution in [0.3, 0.4) is 0 Å². The van der Waals surface area contributed by atoms with Crippen molar-refractivity contribution < 1.29 is 14.6 Å². The van der Waals surface area contributed by atoms with Gasteiger partial charge in [0.05, 0.1) is 6.33 Å². The zero-order valence-electron chi connectivity index (χ0n) is 9.52. The average molecular weight is 269 g/mol. The molecule has 0 amide bonds. The first-order chi connectivity index (χ1) is 8.24. The zero-order valence-corrected chi connectivity index (χ0v) is 10.3. The standard InChI is InChI=1S/C12H12N2O3.ClH/c15-12(16)8-17-11-3-1-10(2-4-11)7-14-6-5-13-9-14;/h1-6,9H,7-8H2,(H,15,16);1H. The van der Waals surface area contributed by atoms with Crippen LogP contribution in [0.5, 0.6) is 5.75 Å². The molecule has 0 aliphatic rings. The Morgan fingerprint density at radius 1 is 1.33 bits per heavy atom. The van der Waals surface area contributed by atoms with Gasteiger partial charge in [-0.15, -0.1) is 12.4 Å². The fourth-order valence-corrected chi connectivity index (χ4v) is 1.43. The number of hydrogen-bond donors (Lipinski definition) is 1. The SMILES string of the molecule is Cl.O=C(O)COc1ccc(Cn2ccnc2)cc1. The molecule has 0 fully saturated rings. The number of halogens is 1. The molecule has 5 nitrogen and oxygen atoms in total. The number of ether oxygens (including phenoxy) is 1. The summed E-state index contributed by atoms with van der Waals surface area (Å²) in [5.74, 6) is -0.422. The summed E-state index contributed by atoms with van der Waals surface area (Å²) in [5, 5.41) is 8.47. The molecule has 6 heteroatoms. The second-order valence-electron chi connectivity index (χ2n) is 3.56. The molecule has 0 atom stereocenters. The average Bonchev–Trinajstić information content (AvgIpc) is 2.81. The van der Waals surface area contributed by atoms with Gasteiger partial charge in [-0.25, -0.2) is 9.78 Å². The molecule has 96 valence electrons. The van der Waals surface area contributed by atoms with E-state index in [2.05, 4.69) is 4.98 Å². The van der Waals surface area contributed by atoms with Gasteiger partial charge >= 0.3 is 5.97 Å². The summed E-state index contributed by atoms with van der Waals surface area (Å²) in [4.78, 5) is 14.3. The second kappa shape index (κ2) is 6.66. The molecule has 0 spiro atoms. The number of benzene rings is 1. The van der Waals surface area contributed by atoms with Crippen molar-refractivity contribution in [2.75, 3.05) is 6.61 Å². The Morgan fingerprint density at radius 3 is 2.61 bits per heavy atom. The summed E-state index contributed by atoms with van der Waals surface area (Å²) < 4.78 is 6.99. The fourth-order valence-electron chi connectivity index (χ4n) is 1.43. The normalized spacial score (nSPS) is 9.56. The Morgan fingerprint density at radius 2 is 2.06 bits per heavy atom. The molecule has 0 aliphatic heterocycles. The van der Waals surface area contributed by atoms with Crippen molar-refractivity contribution in [3.8, 4) is 5.75 Å². The Hall–Kier alpha value is -2.01. The van der Waals surface area contributed by atoms with E-state index in [1.54, 1.807) is 24.7 Å². The number of hydrogen-bond acceptors (Lipinski definition) is 3. The Labute approximate surface area is 110 Å². The van der Waals surface area contributed by atoms with Gasteiger partial charge in [-0.1, -0.05) is 12.1 Å². The van der Waals surface area contributed by atoms with Gasteiger partial charge in [-0.05, 0) is 17.7 Å². The Balaban J connectivity index is 0.00000162. The molecule has 1 aromatic heterocycles. The third kappa shape index (κ3) is 4.10. The minimum atomic E-state index is -0.979. The van der Waals surface area contributed by atoms with E-state index in [1.807, 2.05) is 22.9 Å². The van der Waals surface area contributed by atoms with Crippen LogP contribution >= 0.6 is 12.4 Å². The van der Waals surface area contributed by atoms with E-state index in [9.17, 15) is 4.79 Å². The Kier molecular flexibility index (Phi) is 5.20. The molecule has 2 rings (SSSR count). The number of rotatable bonds is 5. The molecule has 0 bridgehead atoms. The lowest BCUT2D eigenvalue weighted by Gasteiger charge is -2.05. The van der Waals surface area contributed by atoms with Gasteiger partial charge in [0.2, 0.25) is 0 Å². The van der Waals surface area contributed by atoms with E-state index in [-0.39, 0.29) is 19.0 Å². The van der Waals surface area contributed by atoms with Crippen LogP contribution in [-0.4, -0.2) is 27.2 Å².